The van der Waals surface area contributed by atoms with Crippen LogP contribution >= 0.6 is 0 Å². The number of aromatic nitrogens is 4. The maximum Gasteiger partial charge on any atom is 0.173 e. The molecule has 0 bridgehead atoms. The van der Waals surface area contributed by atoms with Crippen LogP contribution < -0.4 is 0 Å². The van der Waals surface area contributed by atoms with Gasteiger partial charge in [0.25, 0.3) is 0 Å². The van der Waals surface area contributed by atoms with E-state index in [0.29, 0.717) is 16.7 Å². The van der Waals surface area contributed by atoms with E-state index >= 15 is 0 Å². The molecule has 9 atom stereocenters. The third kappa shape index (κ3) is 3.30. The second kappa shape index (κ2) is 7.79. The van der Waals surface area contributed by atoms with Gasteiger partial charge < -0.3 is 5.11 Å². The standard InChI is InChI=1S/C25H40N4O/c1-16(4-9-23-28-26-15-27-29-23)20-7-8-21-19-6-5-17-14-18(30)10-12-24(17,2)22(19)11-13-25(20,21)3/h15-22,30H,4-14H2,1-3H3/t16-,17-,18-,19+,20-,21+,22+,24+,25-/m1/s1. The van der Waals surface area contributed by atoms with Gasteiger partial charge in [0.2, 0.25) is 0 Å². The summed E-state index contributed by atoms with van der Waals surface area (Å²) < 4.78 is 0. The minimum absolute atomic E-state index is 0.0378. The fraction of sp³-hybridized carbons (Fsp3) is 0.920. The van der Waals surface area contributed by atoms with Gasteiger partial charge >= 0.3 is 0 Å². The van der Waals surface area contributed by atoms with E-state index in [9.17, 15) is 5.11 Å². The largest absolute Gasteiger partial charge is 0.393 e. The molecule has 5 rings (SSSR count). The smallest absolute Gasteiger partial charge is 0.173 e. The third-order valence-electron chi connectivity index (χ3n) is 10.7. The molecule has 1 heterocycles. The lowest BCUT2D eigenvalue weighted by Crippen LogP contribution is -2.54. The molecule has 5 nitrogen and oxygen atoms in total. The minimum atomic E-state index is -0.0378. The highest BCUT2D eigenvalue weighted by Crippen LogP contribution is 2.68. The Morgan fingerprint density at radius 2 is 1.70 bits per heavy atom. The van der Waals surface area contributed by atoms with Crippen LogP contribution in [0.1, 0.15) is 90.8 Å². The summed E-state index contributed by atoms with van der Waals surface area (Å²) in [5, 5.41) is 26.3. The molecule has 1 aromatic heterocycles. The maximum absolute atomic E-state index is 10.3. The summed E-state index contributed by atoms with van der Waals surface area (Å²) in [6.07, 6.45) is 15.2. The fourth-order valence-corrected chi connectivity index (χ4v) is 9.10. The Morgan fingerprint density at radius 3 is 2.50 bits per heavy atom. The van der Waals surface area contributed by atoms with Crippen molar-refractivity contribution in [3.63, 3.8) is 0 Å². The predicted octanol–water partition coefficient (Wildman–Crippen LogP) is 4.86. The number of fused-ring (bicyclic) bond motifs is 5. The average molecular weight is 413 g/mol. The van der Waals surface area contributed by atoms with Crippen molar-refractivity contribution in [1.29, 1.82) is 0 Å². The van der Waals surface area contributed by atoms with Crippen molar-refractivity contribution < 1.29 is 5.11 Å². The van der Waals surface area contributed by atoms with Crippen LogP contribution in [0.5, 0.6) is 0 Å². The van der Waals surface area contributed by atoms with E-state index < -0.39 is 0 Å². The van der Waals surface area contributed by atoms with Gasteiger partial charge in [0, 0.05) is 6.42 Å². The van der Waals surface area contributed by atoms with Gasteiger partial charge in [-0.3, -0.25) is 0 Å². The van der Waals surface area contributed by atoms with Gasteiger partial charge in [-0.15, -0.1) is 20.4 Å². The first-order valence-electron chi connectivity index (χ1n) is 12.6. The number of hydrogen-bond acceptors (Lipinski definition) is 5. The molecule has 4 aliphatic rings. The minimum Gasteiger partial charge on any atom is -0.393 e. The van der Waals surface area contributed by atoms with Crippen LogP contribution in [0.2, 0.25) is 0 Å². The van der Waals surface area contributed by atoms with E-state index in [0.717, 1.165) is 61.1 Å². The number of aryl methyl sites for hydroxylation is 1. The topological polar surface area (TPSA) is 71.8 Å². The quantitative estimate of drug-likeness (QED) is 0.765. The van der Waals surface area contributed by atoms with Gasteiger partial charge in [-0.2, -0.15) is 0 Å². The molecule has 4 saturated carbocycles. The third-order valence-corrected chi connectivity index (χ3v) is 10.7. The zero-order chi connectivity index (χ0) is 20.9. The van der Waals surface area contributed by atoms with Crippen molar-refractivity contribution >= 4 is 0 Å². The molecule has 0 amide bonds. The van der Waals surface area contributed by atoms with Crippen molar-refractivity contribution in [2.24, 2.45) is 46.3 Å². The maximum atomic E-state index is 10.3. The van der Waals surface area contributed by atoms with Crippen LogP contribution in [0, 0.1) is 46.3 Å². The van der Waals surface area contributed by atoms with E-state index in [-0.39, 0.29) is 6.10 Å². The van der Waals surface area contributed by atoms with Crippen molar-refractivity contribution in [2.75, 3.05) is 0 Å². The molecule has 30 heavy (non-hydrogen) atoms. The fourth-order valence-electron chi connectivity index (χ4n) is 9.10. The molecule has 5 heteroatoms. The Bertz CT molecular complexity index is 744. The summed E-state index contributed by atoms with van der Waals surface area (Å²) >= 11 is 0. The van der Waals surface area contributed by atoms with Crippen molar-refractivity contribution in [1.82, 2.24) is 20.4 Å². The van der Waals surface area contributed by atoms with Crippen molar-refractivity contribution in [3.8, 4) is 0 Å². The molecular formula is C25H40N4O. The summed E-state index contributed by atoms with van der Waals surface area (Å²) in [6.45, 7) is 7.71. The molecule has 0 aliphatic heterocycles. The molecular weight excluding hydrogens is 372 g/mol. The van der Waals surface area contributed by atoms with Crippen LogP contribution in [-0.2, 0) is 6.42 Å². The molecule has 166 valence electrons. The Balaban J connectivity index is 1.29. The van der Waals surface area contributed by atoms with E-state index in [1.807, 2.05) is 0 Å². The number of rotatable bonds is 4. The molecule has 0 spiro atoms. The molecule has 0 aromatic carbocycles. The first-order valence-corrected chi connectivity index (χ1v) is 12.6. The van der Waals surface area contributed by atoms with Crippen LogP contribution in [0.25, 0.3) is 0 Å². The molecule has 0 radical (unpaired) electrons. The van der Waals surface area contributed by atoms with Crippen LogP contribution in [0.3, 0.4) is 0 Å². The van der Waals surface area contributed by atoms with Gasteiger partial charge in [-0.1, -0.05) is 20.8 Å². The molecule has 0 saturated heterocycles. The van der Waals surface area contributed by atoms with Gasteiger partial charge in [0.05, 0.1) is 6.10 Å². The highest BCUT2D eigenvalue weighted by Gasteiger charge is 2.60. The van der Waals surface area contributed by atoms with Gasteiger partial charge in [0.15, 0.2) is 12.2 Å². The normalized spacial score (nSPS) is 46.5. The molecule has 1 N–H and O–H groups in total. The Kier molecular flexibility index (Phi) is 5.40. The summed E-state index contributed by atoms with van der Waals surface area (Å²) in [6, 6.07) is 0. The van der Waals surface area contributed by atoms with Gasteiger partial charge in [-0.05, 0) is 111 Å². The zero-order valence-electron chi connectivity index (χ0n) is 19.1. The Morgan fingerprint density at radius 1 is 0.967 bits per heavy atom. The lowest BCUT2D eigenvalue weighted by molar-refractivity contribution is -0.129. The summed E-state index contributed by atoms with van der Waals surface area (Å²) in [5.74, 6) is 5.80. The van der Waals surface area contributed by atoms with Crippen LogP contribution in [0.15, 0.2) is 6.33 Å². The molecule has 4 aliphatic carbocycles. The lowest BCUT2D eigenvalue weighted by atomic mass is 9.44. The molecule has 0 unspecified atom stereocenters. The van der Waals surface area contributed by atoms with E-state index in [4.69, 9.17) is 0 Å². The number of aliphatic hydroxyl groups is 1. The number of nitrogens with zero attached hydrogens (tertiary/aromatic N) is 4. The zero-order valence-corrected chi connectivity index (χ0v) is 19.1. The summed E-state index contributed by atoms with van der Waals surface area (Å²) in [4.78, 5) is 0. The highest BCUT2D eigenvalue weighted by atomic mass is 16.3. The first kappa shape index (κ1) is 20.8. The first-order chi connectivity index (χ1) is 14.4. The van der Waals surface area contributed by atoms with Gasteiger partial charge in [-0.25, -0.2) is 0 Å². The SMILES string of the molecule is C[C@H](CCc1nncnn1)[C@H]1CC[C@H]2[C@@H]3CC[C@@H]4C[C@H](O)CC[C@]4(C)[C@H]3CC[C@]12C. The highest BCUT2D eigenvalue weighted by molar-refractivity contribution is 5.09. The predicted molar refractivity (Wildman–Crippen MR) is 116 cm³/mol. The van der Waals surface area contributed by atoms with E-state index in [1.165, 1.54) is 51.3 Å². The van der Waals surface area contributed by atoms with Crippen molar-refractivity contribution in [3.05, 3.63) is 12.2 Å². The molecule has 1 aromatic rings. The van der Waals surface area contributed by atoms with E-state index in [1.54, 1.807) is 0 Å². The van der Waals surface area contributed by atoms with Crippen LogP contribution in [-0.4, -0.2) is 31.6 Å². The average Bonchev–Trinajstić information content (AvgIpc) is 3.10. The summed E-state index contributed by atoms with van der Waals surface area (Å²) in [5.41, 5.74) is 0.990. The van der Waals surface area contributed by atoms with Crippen LogP contribution in [0.4, 0.5) is 0 Å². The number of hydrogen-bond donors (Lipinski definition) is 1. The van der Waals surface area contributed by atoms with Gasteiger partial charge in [0.1, 0.15) is 0 Å². The monoisotopic (exact) mass is 412 g/mol. The van der Waals surface area contributed by atoms with Crippen molar-refractivity contribution in [2.45, 2.75) is 97.5 Å². The Labute approximate surface area is 181 Å². The Hall–Kier alpha value is -1.10. The second-order valence-electron chi connectivity index (χ2n) is 11.8. The van der Waals surface area contributed by atoms with E-state index in [2.05, 4.69) is 41.2 Å². The number of aliphatic hydroxyl groups excluding tert-OH is 1. The molecule has 4 fully saturated rings. The lowest BCUT2D eigenvalue weighted by Gasteiger charge is -2.61. The summed E-state index contributed by atoms with van der Waals surface area (Å²) in [7, 11) is 0. The second-order valence-corrected chi connectivity index (χ2v) is 11.8.